The zero-order valence-electron chi connectivity index (χ0n) is 21.6. The molecule has 0 N–H and O–H groups in total. The highest BCUT2D eigenvalue weighted by Crippen LogP contribution is 2.38. The fraction of sp³-hybridized carbons (Fsp3) is 0.273. The molecule has 5 rings (SSSR count). The summed E-state index contributed by atoms with van der Waals surface area (Å²) in [7, 11) is 0. The van der Waals surface area contributed by atoms with Gasteiger partial charge in [0.25, 0.3) is 0 Å². The van der Waals surface area contributed by atoms with E-state index in [1.165, 1.54) is 0 Å². The van der Waals surface area contributed by atoms with Gasteiger partial charge in [0, 0.05) is 4.90 Å². The first-order valence-corrected chi connectivity index (χ1v) is 14.0. The molecule has 1 aliphatic heterocycles. The largest absolute Gasteiger partial charge is 0.368 e. The van der Waals surface area contributed by atoms with Crippen molar-refractivity contribution in [3.63, 3.8) is 0 Å². The van der Waals surface area contributed by atoms with Crippen molar-refractivity contribution in [1.29, 1.82) is 0 Å². The highest BCUT2D eigenvalue weighted by molar-refractivity contribution is 7.99. The molecule has 1 saturated heterocycles. The molecule has 0 aliphatic carbocycles. The van der Waals surface area contributed by atoms with Crippen molar-refractivity contribution in [2.24, 2.45) is 0 Å². The molecule has 0 unspecified atom stereocenters. The lowest BCUT2D eigenvalue weighted by Gasteiger charge is -2.45. The molecule has 38 heavy (non-hydrogen) atoms. The van der Waals surface area contributed by atoms with E-state index in [4.69, 9.17) is 18.9 Å². The molecule has 4 aromatic rings. The molecule has 5 atom stereocenters. The second-order valence-electron chi connectivity index (χ2n) is 9.42. The average molecular weight is 527 g/mol. The molecule has 5 heteroatoms. The monoisotopic (exact) mass is 526 g/mol. The van der Waals surface area contributed by atoms with E-state index in [1.807, 2.05) is 72.8 Å². The Kier molecular flexibility index (Phi) is 9.64. The number of hydrogen-bond acceptors (Lipinski definition) is 5. The molecule has 4 nitrogen and oxygen atoms in total. The van der Waals surface area contributed by atoms with E-state index < -0.39 is 0 Å². The number of thioether (sulfide) groups is 1. The summed E-state index contributed by atoms with van der Waals surface area (Å²) >= 11 is 1.67. The predicted molar refractivity (Wildman–Crippen MR) is 152 cm³/mol. The molecule has 1 fully saturated rings. The molecule has 1 aliphatic rings. The summed E-state index contributed by atoms with van der Waals surface area (Å²) in [5, 5.41) is 0. The minimum atomic E-state index is -0.346. The van der Waals surface area contributed by atoms with Crippen LogP contribution in [0.1, 0.15) is 23.6 Å². The Hall–Kier alpha value is -2.93. The van der Waals surface area contributed by atoms with Crippen molar-refractivity contribution >= 4 is 11.8 Å². The quantitative estimate of drug-likeness (QED) is 0.205. The molecule has 1 heterocycles. The van der Waals surface area contributed by atoms with Crippen molar-refractivity contribution in [1.82, 2.24) is 0 Å². The van der Waals surface area contributed by atoms with Crippen LogP contribution in [0.5, 0.6) is 0 Å². The molecule has 0 spiro atoms. The highest BCUT2D eigenvalue weighted by Gasteiger charge is 2.47. The van der Waals surface area contributed by atoms with Gasteiger partial charge in [-0.15, -0.1) is 0 Å². The molecule has 0 amide bonds. The van der Waals surface area contributed by atoms with Gasteiger partial charge in [-0.2, -0.15) is 0 Å². The van der Waals surface area contributed by atoms with E-state index >= 15 is 0 Å². The first-order chi connectivity index (χ1) is 18.8. The third-order valence-corrected chi connectivity index (χ3v) is 7.73. The first kappa shape index (κ1) is 26.7. The zero-order valence-corrected chi connectivity index (χ0v) is 22.4. The maximum atomic E-state index is 6.67. The Balaban J connectivity index is 1.41. The molecular weight excluding hydrogens is 492 g/mol. The zero-order chi connectivity index (χ0) is 26.0. The Morgan fingerprint density at radius 3 is 1.39 bits per heavy atom. The van der Waals surface area contributed by atoms with Crippen LogP contribution in [0, 0.1) is 0 Å². The topological polar surface area (TPSA) is 36.9 Å². The number of rotatable bonds is 11. The summed E-state index contributed by atoms with van der Waals surface area (Å²) in [6.45, 7) is 3.48. The van der Waals surface area contributed by atoms with Gasteiger partial charge in [0.1, 0.15) is 23.7 Å². The minimum absolute atomic E-state index is 0.183. The van der Waals surface area contributed by atoms with Crippen LogP contribution < -0.4 is 0 Å². The van der Waals surface area contributed by atoms with Crippen molar-refractivity contribution in [3.8, 4) is 0 Å². The Bertz CT molecular complexity index is 1210. The van der Waals surface area contributed by atoms with Crippen LogP contribution in [0.2, 0.25) is 0 Å². The Morgan fingerprint density at radius 1 is 0.526 bits per heavy atom. The van der Waals surface area contributed by atoms with E-state index in [9.17, 15) is 0 Å². The van der Waals surface area contributed by atoms with Gasteiger partial charge >= 0.3 is 0 Å². The van der Waals surface area contributed by atoms with Crippen molar-refractivity contribution in [2.75, 3.05) is 0 Å². The number of hydrogen-bond donors (Lipinski definition) is 0. The summed E-state index contributed by atoms with van der Waals surface area (Å²) in [5.74, 6) is 0. The van der Waals surface area contributed by atoms with Crippen LogP contribution in [-0.2, 0) is 38.8 Å². The van der Waals surface area contributed by atoms with Crippen LogP contribution in [0.4, 0.5) is 0 Å². The Labute approximate surface area is 229 Å². The second-order valence-corrected chi connectivity index (χ2v) is 10.6. The lowest BCUT2D eigenvalue weighted by atomic mass is 9.99. The fourth-order valence-corrected chi connectivity index (χ4v) is 5.78. The summed E-state index contributed by atoms with van der Waals surface area (Å²) in [4.78, 5) is 1.13. The minimum Gasteiger partial charge on any atom is -0.368 e. The summed E-state index contributed by atoms with van der Waals surface area (Å²) < 4.78 is 26.4. The van der Waals surface area contributed by atoms with E-state index in [-0.39, 0.29) is 29.9 Å². The molecule has 4 aromatic carbocycles. The second kappa shape index (κ2) is 13.7. The van der Waals surface area contributed by atoms with Crippen LogP contribution >= 0.6 is 11.8 Å². The number of ether oxygens (including phenoxy) is 4. The van der Waals surface area contributed by atoms with E-state index in [0.29, 0.717) is 19.8 Å². The lowest BCUT2D eigenvalue weighted by molar-refractivity contribution is -0.242. The van der Waals surface area contributed by atoms with E-state index in [1.54, 1.807) is 11.8 Å². The molecular formula is C33H34O4S. The predicted octanol–water partition coefficient (Wildman–Crippen LogP) is 7.28. The molecule has 0 saturated carbocycles. The molecule has 0 bridgehead atoms. The van der Waals surface area contributed by atoms with Crippen LogP contribution in [0.15, 0.2) is 126 Å². The third-order valence-electron chi connectivity index (χ3n) is 6.58. The third kappa shape index (κ3) is 7.34. The molecule has 196 valence electrons. The normalized spacial score (nSPS) is 23.2. The van der Waals surface area contributed by atoms with Crippen LogP contribution in [0.3, 0.4) is 0 Å². The summed E-state index contributed by atoms with van der Waals surface area (Å²) in [6.07, 6.45) is -1.15. The average Bonchev–Trinajstić information content (AvgIpc) is 2.97. The van der Waals surface area contributed by atoms with Crippen molar-refractivity contribution in [2.45, 2.75) is 61.5 Å². The maximum absolute atomic E-state index is 6.67. The standard InChI is InChI=1S/C33H34O4S/c1-25-30(34-22-26-14-6-2-7-15-26)31(35-23-27-16-8-3-9-17-27)32(36-24-28-18-10-4-11-19-28)33(37-25)38-29-20-12-5-13-21-29/h2-21,25,30-33H,22-24H2,1H3/t25-,30+,31+,32-,33+/m0/s1. The first-order valence-electron chi connectivity index (χ1n) is 13.1. The van der Waals surface area contributed by atoms with Crippen LogP contribution in [0.25, 0.3) is 0 Å². The highest BCUT2D eigenvalue weighted by atomic mass is 32.2. The van der Waals surface area contributed by atoms with Gasteiger partial charge in [-0.3, -0.25) is 0 Å². The summed E-state index contributed by atoms with van der Waals surface area (Å²) in [5.41, 5.74) is 3.08. The number of benzene rings is 4. The van der Waals surface area contributed by atoms with Gasteiger partial charge in [0.05, 0.1) is 25.9 Å². The maximum Gasteiger partial charge on any atom is 0.136 e. The Morgan fingerprint density at radius 2 is 0.921 bits per heavy atom. The summed E-state index contributed by atoms with van der Waals surface area (Å²) in [6, 6.07) is 41.0. The fourth-order valence-electron chi connectivity index (χ4n) is 4.60. The van der Waals surface area contributed by atoms with Crippen molar-refractivity contribution in [3.05, 3.63) is 138 Å². The van der Waals surface area contributed by atoms with Gasteiger partial charge in [0.15, 0.2) is 0 Å². The lowest BCUT2D eigenvalue weighted by Crippen LogP contribution is -2.58. The van der Waals surface area contributed by atoms with E-state index in [0.717, 1.165) is 21.6 Å². The van der Waals surface area contributed by atoms with Gasteiger partial charge in [-0.25, -0.2) is 0 Å². The van der Waals surface area contributed by atoms with Crippen LogP contribution in [-0.4, -0.2) is 29.9 Å². The van der Waals surface area contributed by atoms with Gasteiger partial charge in [-0.1, -0.05) is 121 Å². The van der Waals surface area contributed by atoms with Gasteiger partial charge in [0.2, 0.25) is 0 Å². The van der Waals surface area contributed by atoms with Crippen molar-refractivity contribution < 1.29 is 18.9 Å². The molecule has 0 radical (unpaired) electrons. The smallest absolute Gasteiger partial charge is 0.136 e. The van der Waals surface area contributed by atoms with E-state index in [2.05, 4.69) is 55.5 Å². The van der Waals surface area contributed by atoms with Gasteiger partial charge in [-0.05, 0) is 35.7 Å². The molecule has 0 aromatic heterocycles. The SMILES string of the molecule is C[C@@H]1O[C@H](Sc2ccccc2)[C@@H](OCc2ccccc2)[C@H](OCc2ccccc2)[C@@H]1OCc1ccccc1. The van der Waals surface area contributed by atoms with Gasteiger partial charge < -0.3 is 18.9 Å².